The Labute approximate surface area is 125 Å². The summed E-state index contributed by atoms with van der Waals surface area (Å²) < 4.78 is 27.0. The Morgan fingerprint density at radius 3 is 2.48 bits per heavy atom. The minimum absolute atomic E-state index is 0.0255. The molecule has 2 rings (SSSR count). The van der Waals surface area contributed by atoms with Crippen LogP contribution in [0.25, 0.3) is 0 Å². The third-order valence-electron chi connectivity index (χ3n) is 3.77. The van der Waals surface area contributed by atoms with Crippen molar-refractivity contribution in [3.05, 3.63) is 30.3 Å². The van der Waals surface area contributed by atoms with Crippen LogP contribution < -0.4 is 10.0 Å². The molecular formula is C14H21N3O3S. The van der Waals surface area contributed by atoms with E-state index in [-0.39, 0.29) is 24.1 Å². The van der Waals surface area contributed by atoms with E-state index in [9.17, 15) is 8.42 Å². The van der Waals surface area contributed by atoms with Gasteiger partial charge in [-0.3, -0.25) is 4.31 Å². The number of nitrogens with two attached hydrogens (primary N) is 1. The third-order valence-corrected chi connectivity index (χ3v) is 6.10. The second-order valence-corrected chi connectivity index (χ2v) is 7.34. The monoisotopic (exact) mass is 311 g/mol. The van der Waals surface area contributed by atoms with Crippen molar-refractivity contribution in [1.82, 2.24) is 0 Å². The predicted octanol–water partition coefficient (Wildman–Crippen LogP) is 1.90. The molecule has 1 saturated carbocycles. The highest BCUT2D eigenvalue weighted by Crippen LogP contribution is 2.30. The molecule has 0 spiro atoms. The zero-order valence-electron chi connectivity index (χ0n) is 11.9. The molecule has 0 aliphatic heterocycles. The van der Waals surface area contributed by atoms with Crippen LogP contribution in [-0.4, -0.2) is 31.3 Å². The van der Waals surface area contributed by atoms with Crippen LogP contribution in [0.2, 0.25) is 0 Å². The molecule has 0 atom stereocenters. The molecular weight excluding hydrogens is 290 g/mol. The number of oxime groups is 1. The Morgan fingerprint density at radius 2 is 1.90 bits per heavy atom. The summed E-state index contributed by atoms with van der Waals surface area (Å²) in [5, 5.41) is 11.2. The molecule has 6 nitrogen and oxygen atoms in total. The van der Waals surface area contributed by atoms with Gasteiger partial charge < -0.3 is 10.9 Å². The van der Waals surface area contributed by atoms with Crippen LogP contribution in [0.15, 0.2) is 35.5 Å². The second-order valence-electron chi connectivity index (χ2n) is 5.20. The third kappa shape index (κ3) is 3.66. The maximum absolute atomic E-state index is 12.8. The average Bonchev–Trinajstić information content (AvgIpc) is 3.03. The van der Waals surface area contributed by atoms with Gasteiger partial charge in [0, 0.05) is 13.0 Å². The van der Waals surface area contributed by atoms with Gasteiger partial charge >= 0.3 is 0 Å². The predicted molar refractivity (Wildman–Crippen MR) is 83.0 cm³/mol. The van der Waals surface area contributed by atoms with Crippen molar-refractivity contribution < 1.29 is 13.6 Å². The van der Waals surface area contributed by atoms with E-state index in [1.807, 2.05) is 6.07 Å². The maximum Gasteiger partial charge on any atom is 0.238 e. The first kappa shape index (κ1) is 15.6. The normalized spacial score (nSPS) is 17.0. The second kappa shape index (κ2) is 6.80. The first-order valence-corrected chi connectivity index (χ1v) is 8.59. The van der Waals surface area contributed by atoms with Gasteiger partial charge in [-0.15, -0.1) is 0 Å². The summed E-state index contributed by atoms with van der Waals surface area (Å²) in [4.78, 5) is 0. The lowest BCUT2D eigenvalue weighted by Gasteiger charge is -2.27. The van der Waals surface area contributed by atoms with Gasteiger partial charge in [-0.2, -0.15) is 0 Å². The molecule has 3 N–H and O–H groups in total. The highest BCUT2D eigenvalue weighted by Gasteiger charge is 2.34. The van der Waals surface area contributed by atoms with Gasteiger partial charge in [0.05, 0.1) is 10.9 Å². The van der Waals surface area contributed by atoms with Crippen molar-refractivity contribution in [3.8, 4) is 0 Å². The summed E-state index contributed by atoms with van der Waals surface area (Å²) in [5.74, 6) is 0.0255. The van der Waals surface area contributed by atoms with E-state index in [1.165, 1.54) is 4.31 Å². The summed E-state index contributed by atoms with van der Waals surface area (Å²) in [6.45, 7) is 0.179. The molecule has 1 aliphatic carbocycles. The maximum atomic E-state index is 12.8. The fraction of sp³-hybridized carbons (Fsp3) is 0.500. The number of benzene rings is 1. The molecule has 1 aromatic carbocycles. The topological polar surface area (TPSA) is 96.0 Å². The largest absolute Gasteiger partial charge is 0.409 e. The van der Waals surface area contributed by atoms with Crippen LogP contribution in [0.4, 0.5) is 5.69 Å². The Hall–Kier alpha value is -1.76. The van der Waals surface area contributed by atoms with Gasteiger partial charge in [0.25, 0.3) is 0 Å². The highest BCUT2D eigenvalue weighted by molar-refractivity contribution is 7.93. The Morgan fingerprint density at radius 1 is 1.29 bits per heavy atom. The average molecular weight is 311 g/mol. The summed E-state index contributed by atoms with van der Waals surface area (Å²) in [5.41, 5.74) is 6.10. The minimum atomic E-state index is -3.42. The molecule has 0 heterocycles. The number of hydrogen-bond donors (Lipinski definition) is 2. The van der Waals surface area contributed by atoms with Crippen LogP contribution in [0.1, 0.15) is 32.1 Å². The molecule has 0 unspecified atom stereocenters. The molecule has 1 aliphatic rings. The Bertz CT molecular complexity index is 581. The fourth-order valence-corrected chi connectivity index (χ4v) is 4.68. The number of amidine groups is 1. The zero-order valence-corrected chi connectivity index (χ0v) is 12.7. The molecule has 1 aromatic rings. The van der Waals surface area contributed by atoms with Crippen LogP contribution in [-0.2, 0) is 10.0 Å². The molecule has 7 heteroatoms. The summed E-state index contributed by atoms with van der Waals surface area (Å²) in [6, 6.07) is 8.97. The van der Waals surface area contributed by atoms with E-state index in [1.54, 1.807) is 24.3 Å². The lowest BCUT2D eigenvalue weighted by Crippen LogP contribution is -2.39. The number of rotatable bonds is 6. The number of sulfonamides is 1. The SMILES string of the molecule is N/C(CCN(c1ccccc1)S(=O)(=O)C1CCCC1)=N/O. The van der Waals surface area contributed by atoms with E-state index >= 15 is 0 Å². The van der Waals surface area contributed by atoms with Crippen LogP contribution >= 0.6 is 0 Å². The Kier molecular flexibility index (Phi) is 5.06. The van der Waals surface area contributed by atoms with Crippen molar-refractivity contribution in [2.75, 3.05) is 10.8 Å². The van der Waals surface area contributed by atoms with Crippen molar-refractivity contribution in [2.24, 2.45) is 10.9 Å². The summed E-state index contributed by atoms with van der Waals surface area (Å²) in [7, 11) is -3.42. The fourth-order valence-electron chi connectivity index (χ4n) is 2.63. The van der Waals surface area contributed by atoms with Crippen molar-refractivity contribution in [3.63, 3.8) is 0 Å². The molecule has 116 valence electrons. The van der Waals surface area contributed by atoms with Crippen molar-refractivity contribution in [1.29, 1.82) is 0 Å². The van der Waals surface area contributed by atoms with Crippen LogP contribution in [0, 0.1) is 0 Å². The standard InChI is InChI=1S/C14H21N3O3S/c15-14(16-18)10-11-17(12-6-2-1-3-7-12)21(19,20)13-8-4-5-9-13/h1-3,6-7,13,18H,4-5,8-11H2,(H2,15,16). The molecule has 0 bridgehead atoms. The van der Waals surface area contributed by atoms with Crippen molar-refractivity contribution in [2.45, 2.75) is 37.4 Å². The van der Waals surface area contributed by atoms with Crippen molar-refractivity contribution >= 4 is 21.5 Å². The number of para-hydroxylation sites is 1. The molecule has 0 saturated heterocycles. The van der Waals surface area contributed by atoms with E-state index in [4.69, 9.17) is 10.9 Å². The number of anilines is 1. The Balaban J connectivity index is 2.27. The van der Waals surface area contributed by atoms with Gasteiger partial charge in [0.2, 0.25) is 10.0 Å². The molecule has 0 amide bonds. The first-order valence-electron chi connectivity index (χ1n) is 7.08. The van der Waals surface area contributed by atoms with Gasteiger partial charge in [-0.1, -0.05) is 36.2 Å². The van der Waals surface area contributed by atoms with E-state index < -0.39 is 10.0 Å². The molecule has 0 radical (unpaired) electrons. The lowest BCUT2D eigenvalue weighted by atomic mass is 10.3. The van der Waals surface area contributed by atoms with Gasteiger partial charge in [0.15, 0.2) is 0 Å². The van der Waals surface area contributed by atoms with Crippen LogP contribution in [0.3, 0.4) is 0 Å². The number of nitrogens with zero attached hydrogens (tertiary/aromatic N) is 2. The van der Waals surface area contributed by atoms with E-state index in [2.05, 4.69) is 5.16 Å². The molecule has 1 fully saturated rings. The minimum Gasteiger partial charge on any atom is -0.409 e. The highest BCUT2D eigenvalue weighted by atomic mass is 32.2. The van der Waals surface area contributed by atoms with E-state index in [0.717, 1.165) is 12.8 Å². The summed E-state index contributed by atoms with van der Waals surface area (Å²) >= 11 is 0. The van der Waals surface area contributed by atoms with Gasteiger partial charge in [-0.25, -0.2) is 8.42 Å². The van der Waals surface area contributed by atoms with E-state index in [0.29, 0.717) is 18.5 Å². The quantitative estimate of drug-likeness (QED) is 0.363. The van der Waals surface area contributed by atoms with Gasteiger partial charge in [0.1, 0.15) is 5.84 Å². The zero-order chi connectivity index (χ0) is 15.3. The van der Waals surface area contributed by atoms with Crippen LogP contribution in [0.5, 0.6) is 0 Å². The first-order chi connectivity index (χ1) is 10.1. The smallest absolute Gasteiger partial charge is 0.238 e. The molecule has 21 heavy (non-hydrogen) atoms. The summed E-state index contributed by atoms with van der Waals surface area (Å²) in [6.07, 6.45) is 3.50. The number of hydrogen-bond acceptors (Lipinski definition) is 4. The van der Waals surface area contributed by atoms with Gasteiger partial charge in [-0.05, 0) is 25.0 Å². The lowest BCUT2D eigenvalue weighted by molar-refractivity contribution is 0.317. The molecule has 0 aromatic heterocycles.